The quantitative estimate of drug-likeness (QED) is 0.489. The molecule has 30 heavy (non-hydrogen) atoms. The van der Waals surface area contributed by atoms with E-state index in [1.54, 1.807) is 43.3 Å². The summed E-state index contributed by atoms with van der Waals surface area (Å²) >= 11 is 0. The van der Waals surface area contributed by atoms with Gasteiger partial charge in [0, 0.05) is 0 Å². The summed E-state index contributed by atoms with van der Waals surface area (Å²) in [4.78, 5) is 23.9. The lowest BCUT2D eigenvalue weighted by Gasteiger charge is -2.08. The molecule has 0 radical (unpaired) electrons. The van der Waals surface area contributed by atoms with Gasteiger partial charge in [-0.25, -0.2) is 9.59 Å². The van der Waals surface area contributed by atoms with E-state index in [-0.39, 0.29) is 12.6 Å². The molecule has 5 nitrogen and oxygen atoms in total. The van der Waals surface area contributed by atoms with Crippen LogP contribution in [0.3, 0.4) is 0 Å². The molecule has 0 N–H and O–H groups in total. The van der Waals surface area contributed by atoms with Crippen LogP contribution in [0.15, 0.2) is 72.8 Å². The third kappa shape index (κ3) is 5.95. The van der Waals surface area contributed by atoms with Gasteiger partial charge >= 0.3 is 11.9 Å². The standard InChI is InChI=1S/C25H24O5/c1-3-28-24(26)21-10-8-20(9-11-21)17-30-25(27)22-12-6-19(7-13-22)16-29-23-14-4-18(2)5-15-23/h4-15H,3,16-17H2,1-2H3. The molecular weight excluding hydrogens is 380 g/mol. The molecule has 3 rings (SSSR count). The Morgan fingerprint density at radius 2 is 1.17 bits per heavy atom. The van der Waals surface area contributed by atoms with Crippen LogP contribution >= 0.6 is 0 Å². The summed E-state index contributed by atoms with van der Waals surface area (Å²) in [5, 5.41) is 0. The van der Waals surface area contributed by atoms with E-state index in [9.17, 15) is 9.59 Å². The highest BCUT2D eigenvalue weighted by Gasteiger charge is 2.09. The molecule has 0 aliphatic heterocycles. The van der Waals surface area contributed by atoms with Crippen molar-refractivity contribution in [2.45, 2.75) is 27.1 Å². The first-order valence-corrected chi connectivity index (χ1v) is 9.76. The zero-order valence-corrected chi connectivity index (χ0v) is 17.1. The molecule has 3 aromatic carbocycles. The van der Waals surface area contributed by atoms with Crippen molar-refractivity contribution in [2.75, 3.05) is 6.61 Å². The third-order valence-electron chi connectivity index (χ3n) is 4.45. The Kier molecular flexibility index (Phi) is 7.22. The Morgan fingerprint density at radius 1 is 0.667 bits per heavy atom. The molecule has 5 heteroatoms. The average molecular weight is 404 g/mol. The third-order valence-corrected chi connectivity index (χ3v) is 4.45. The van der Waals surface area contributed by atoms with Gasteiger partial charge in [-0.2, -0.15) is 0 Å². The maximum absolute atomic E-state index is 12.3. The second kappa shape index (κ2) is 10.3. The first-order chi connectivity index (χ1) is 14.5. The Hall–Kier alpha value is -3.60. The van der Waals surface area contributed by atoms with E-state index in [2.05, 4.69) is 0 Å². The van der Waals surface area contributed by atoms with Gasteiger partial charge in [0.15, 0.2) is 0 Å². The Balaban J connectivity index is 1.49. The van der Waals surface area contributed by atoms with Crippen molar-refractivity contribution in [3.63, 3.8) is 0 Å². The summed E-state index contributed by atoms with van der Waals surface area (Å²) in [5.74, 6) is 0.0287. The fourth-order valence-electron chi connectivity index (χ4n) is 2.72. The van der Waals surface area contributed by atoms with Gasteiger partial charge in [-0.1, -0.05) is 42.0 Å². The first-order valence-electron chi connectivity index (χ1n) is 9.76. The van der Waals surface area contributed by atoms with Crippen molar-refractivity contribution in [3.8, 4) is 5.75 Å². The lowest BCUT2D eigenvalue weighted by atomic mass is 10.1. The Bertz CT molecular complexity index is 974. The molecule has 0 spiro atoms. The minimum absolute atomic E-state index is 0.125. The molecule has 0 heterocycles. The van der Waals surface area contributed by atoms with E-state index in [1.165, 1.54) is 5.56 Å². The number of carbonyl (C=O) groups excluding carboxylic acids is 2. The van der Waals surface area contributed by atoms with Crippen LogP contribution < -0.4 is 4.74 Å². The summed E-state index contributed by atoms with van der Waals surface area (Å²) in [6, 6.07) is 21.8. The summed E-state index contributed by atoms with van der Waals surface area (Å²) in [7, 11) is 0. The Labute approximate surface area is 176 Å². The van der Waals surface area contributed by atoms with Gasteiger partial charge in [0.1, 0.15) is 19.0 Å². The largest absolute Gasteiger partial charge is 0.489 e. The maximum Gasteiger partial charge on any atom is 0.338 e. The van der Waals surface area contributed by atoms with Crippen molar-refractivity contribution in [1.82, 2.24) is 0 Å². The number of aryl methyl sites for hydroxylation is 1. The van der Waals surface area contributed by atoms with Crippen LogP contribution in [0.25, 0.3) is 0 Å². The minimum atomic E-state index is -0.407. The smallest absolute Gasteiger partial charge is 0.338 e. The fraction of sp³-hybridized carbons (Fsp3) is 0.200. The van der Waals surface area contributed by atoms with Gasteiger partial charge in [0.05, 0.1) is 17.7 Å². The maximum atomic E-state index is 12.3. The summed E-state index contributed by atoms with van der Waals surface area (Å²) < 4.78 is 16.0. The molecule has 0 bridgehead atoms. The second-order valence-corrected chi connectivity index (χ2v) is 6.79. The number of hydrogen-bond donors (Lipinski definition) is 0. The van der Waals surface area contributed by atoms with Crippen molar-refractivity contribution in [1.29, 1.82) is 0 Å². The number of ether oxygens (including phenoxy) is 3. The van der Waals surface area contributed by atoms with Gasteiger partial charge in [-0.05, 0) is 61.4 Å². The average Bonchev–Trinajstić information content (AvgIpc) is 2.78. The predicted octanol–water partition coefficient (Wildman–Crippen LogP) is 5.11. The number of carbonyl (C=O) groups is 2. The minimum Gasteiger partial charge on any atom is -0.489 e. The van der Waals surface area contributed by atoms with Gasteiger partial charge in [-0.3, -0.25) is 0 Å². The number of benzene rings is 3. The molecule has 0 atom stereocenters. The molecule has 0 saturated carbocycles. The topological polar surface area (TPSA) is 61.8 Å². The Morgan fingerprint density at radius 3 is 1.70 bits per heavy atom. The second-order valence-electron chi connectivity index (χ2n) is 6.79. The van der Waals surface area contributed by atoms with E-state index >= 15 is 0 Å². The van der Waals surface area contributed by atoms with E-state index < -0.39 is 5.97 Å². The highest BCUT2D eigenvalue weighted by molar-refractivity contribution is 5.90. The molecule has 0 amide bonds. The normalized spacial score (nSPS) is 10.3. The van der Waals surface area contributed by atoms with Crippen LogP contribution in [-0.4, -0.2) is 18.5 Å². The van der Waals surface area contributed by atoms with Crippen molar-refractivity contribution in [2.24, 2.45) is 0 Å². The van der Waals surface area contributed by atoms with Crippen molar-refractivity contribution < 1.29 is 23.8 Å². The first kappa shape index (κ1) is 21.1. The van der Waals surface area contributed by atoms with Gasteiger partial charge < -0.3 is 14.2 Å². The van der Waals surface area contributed by atoms with Crippen LogP contribution in [0, 0.1) is 6.92 Å². The SMILES string of the molecule is CCOC(=O)c1ccc(COC(=O)c2ccc(COc3ccc(C)cc3)cc2)cc1. The van der Waals surface area contributed by atoms with E-state index in [1.807, 2.05) is 43.3 Å². The highest BCUT2D eigenvalue weighted by atomic mass is 16.5. The van der Waals surface area contributed by atoms with Crippen molar-refractivity contribution >= 4 is 11.9 Å². The molecule has 0 aliphatic carbocycles. The number of esters is 2. The van der Waals surface area contributed by atoms with Gasteiger partial charge in [-0.15, -0.1) is 0 Å². The van der Waals surface area contributed by atoms with E-state index in [0.29, 0.717) is 24.3 Å². The summed E-state index contributed by atoms with van der Waals surface area (Å²) in [5.41, 5.74) is 3.87. The van der Waals surface area contributed by atoms with E-state index in [0.717, 1.165) is 16.9 Å². The van der Waals surface area contributed by atoms with E-state index in [4.69, 9.17) is 14.2 Å². The monoisotopic (exact) mass is 404 g/mol. The van der Waals surface area contributed by atoms with Crippen LogP contribution in [-0.2, 0) is 22.7 Å². The lowest BCUT2D eigenvalue weighted by Crippen LogP contribution is -2.07. The van der Waals surface area contributed by atoms with Crippen LogP contribution in [0.4, 0.5) is 0 Å². The summed E-state index contributed by atoms with van der Waals surface area (Å²) in [6.07, 6.45) is 0. The molecule has 0 aliphatic rings. The fourth-order valence-corrected chi connectivity index (χ4v) is 2.72. The van der Waals surface area contributed by atoms with Crippen LogP contribution in [0.1, 0.15) is 44.3 Å². The van der Waals surface area contributed by atoms with Gasteiger partial charge in [0.25, 0.3) is 0 Å². The van der Waals surface area contributed by atoms with Crippen LogP contribution in [0.5, 0.6) is 5.75 Å². The zero-order chi connectivity index (χ0) is 21.3. The molecule has 0 unspecified atom stereocenters. The zero-order valence-electron chi connectivity index (χ0n) is 17.1. The predicted molar refractivity (Wildman–Crippen MR) is 113 cm³/mol. The number of hydrogen-bond acceptors (Lipinski definition) is 5. The molecule has 0 aromatic heterocycles. The molecule has 3 aromatic rings. The summed E-state index contributed by atoms with van der Waals surface area (Å²) in [6.45, 7) is 4.66. The highest BCUT2D eigenvalue weighted by Crippen LogP contribution is 2.15. The van der Waals surface area contributed by atoms with Crippen LogP contribution in [0.2, 0.25) is 0 Å². The van der Waals surface area contributed by atoms with Gasteiger partial charge in [0.2, 0.25) is 0 Å². The molecular formula is C25H24O5. The molecule has 0 fully saturated rings. The molecule has 154 valence electrons. The van der Waals surface area contributed by atoms with Crippen molar-refractivity contribution in [3.05, 3.63) is 101 Å². The number of rotatable bonds is 8. The molecule has 0 saturated heterocycles. The lowest BCUT2D eigenvalue weighted by molar-refractivity contribution is 0.0469.